The first-order valence-electron chi connectivity index (χ1n) is 5.43. The summed E-state index contributed by atoms with van der Waals surface area (Å²) >= 11 is 0. The first-order valence-corrected chi connectivity index (χ1v) is 5.43. The van der Waals surface area contributed by atoms with Crippen molar-refractivity contribution < 1.29 is 9.59 Å². The van der Waals surface area contributed by atoms with E-state index in [2.05, 4.69) is 0 Å². The van der Waals surface area contributed by atoms with E-state index in [-0.39, 0.29) is 30.8 Å². The fourth-order valence-corrected chi connectivity index (χ4v) is 1.93. The maximum atomic E-state index is 11.7. The van der Waals surface area contributed by atoms with E-state index in [9.17, 15) is 9.59 Å². The molecular formula is C10H18ClN3O2. The lowest BCUT2D eigenvalue weighted by Crippen LogP contribution is -2.55. The van der Waals surface area contributed by atoms with Gasteiger partial charge in [0.25, 0.3) is 0 Å². The molecule has 0 bridgehead atoms. The number of carbonyl (C=O) groups excluding carboxylic acids is 2. The van der Waals surface area contributed by atoms with E-state index >= 15 is 0 Å². The number of hydrogen-bond acceptors (Lipinski definition) is 3. The Morgan fingerprint density at radius 2 is 2.06 bits per heavy atom. The Kier molecular flexibility index (Phi) is 4.15. The van der Waals surface area contributed by atoms with Crippen LogP contribution in [0.15, 0.2) is 0 Å². The van der Waals surface area contributed by atoms with E-state index in [4.69, 9.17) is 5.73 Å². The molecule has 0 aromatic heterocycles. The zero-order valence-corrected chi connectivity index (χ0v) is 10.2. The van der Waals surface area contributed by atoms with Gasteiger partial charge in [0.2, 0.25) is 11.8 Å². The maximum Gasteiger partial charge on any atom is 0.242 e. The molecule has 2 aliphatic rings. The van der Waals surface area contributed by atoms with Crippen molar-refractivity contribution in [3.63, 3.8) is 0 Å². The first-order chi connectivity index (χ1) is 7.09. The summed E-state index contributed by atoms with van der Waals surface area (Å²) in [4.78, 5) is 26.7. The molecule has 6 heteroatoms. The Labute approximate surface area is 101 Å². The standard InChI is InChI=1S/C10H17N3O2.ClH/c1-7(11)10(15)12-4-5-13(8-2-3-8)9(14)6-12;/h7-8H,2-6,11H2,1H3;1H. The van der Waals surface area contributed by atoms with Crippen LogP contribution >= 0.6 is 12.4 Å². The van der Waals surface area contributed by atoms with Gasteiger partial charge in [-0.05, 0) is 19.8 Å². The Morgan fingerprint density at radius 1 is 1.44 bits per heavy atom. The quantitative estimate of drug-likeness (QED) is 0.721. The largest absolute Gasteiger partial charge is 0.336 e. The van der Waals surface area contributed by atoms with Crippen LogP contribution in [0.1, 0.15) is 19.8 Å². The molecule has 16 heavy (non-hydrogen) atoms. The molecule has 0 aromatic carbocycles. The second kappa shape index (κ2) is 5.01. The lowest BCUT2D eigenvalue weighted by atomic mass is 10.2. The number of hydrogen-bond donors (Lipinski definition) is 1. The molecule has 2 N–H and O–H groups in total. The number of carbonyl (C=O) groups is 2. The van der Waals surface area contributed by atoms with Gasteiger partial charge in [0.15, 0.2) is 0 Å². The molecule has 0 aromatic rings. The van der Waals surface area contributed by atoms with Crippen molar-refractivity contribution in [2.24, 2.45) is 5.73 Å². The third-order valence-corrected chi connectivity index (χ3v) is 2.95. The molecule has 92 valence electrons. The minimum absolute atomic E-state index is 0. The summed E-state index contributed by atoms with van der Waals surface area (Å²) in [5.74, 6) is -0.0588. The van der Waals surface area contributed by atoms with Gasteiger partial charge in [0.1, 0.15) is 0 Å². The molecule has 1 aliphatic carbocycles. The van der Waals surface area contributed by atoms with Crippen LogP contribution in [0.25, 0.3) is 0 Å². The number of nitrogens with two attached hydrogens (primary N) is 1. The second-order valence-corrected chi connectivity index (χ2v) is 4.37. The van der Waals surface area contributed by atoms with Crippen LogP contribution in [0.5, 0.6) is 0 Å². The molecule has 1 aliphatic heterocycles. The van der Waals surface area contributed by atoms with Crippen molar-refractivity contribution in [2.45, 2.75) is 31.8 Å². The summed E-state index contributed by atoms with van der Waals surface area (Å²) in [7, 11) is 0. The summed E-state index contributed by atoms with van der Waals surface area (Å²) in [6.07, 6.45) is 2.24. The number of halogens is 1. The van der Waals surface area contributed by atoms with Crippen molar-refractivity contribution in [2.75, 3.05) is 19.6 Å². The third-order valence-electron chi connectivity index (χ3n) is 2.95. The zero-order valence-electron chi connectivity index (χ0n) is 9.39. The molecule has 0 spiro atoms. The molecule has 0 radical (unpaired) electrons. The SMILES string of the molecule is CC(N)C(=O)N1CCN(C2CC2)C(=O)C1.Cl. The molecule has 1 heterocycles. The van der Waals surface area contributed by atoms with Crippen molar-refractivity contribution in [3.8, 4) is 0 Å². The Bertz CT molecular complexity index is 292. The van der Waals surface area contributed by atoms with Gasteiger partial charge >= 0.3 is 0 Å². The zero-order chi connectivity index (χ0) is 11.0. The van der Waals surface area contributed by atoms with E-state index in [1.54, 1.807) is 11.8 Å². The fourth-order valence-electron chi connectivity index (χ4n) is 1.93. The van der Waals surface area contributed by atoms with Crippen LogP contribution in [0.4, 0.5) is 0 Å². The minimum Gasteiger partial charge on any atom is -0.336 e. The molecule has 5 nitrogen and oxygen atoms in total. The third kappa shape index (κ3) is 2.65. The predicted molar refractivity (Wildman–Crippen MR) is 62.2 cm³/mol. The number of amides is 2. The topological polar surface area (TPSA) is 66.6 Å². The highest BCUT2D eigenvalue weighted by Gasteiger charge is 2.37. The van der Waals surface area contributed by atoms with Crippen LogP contribution < -0.4 is 5.73 Å². The highest BCUT2D eigenvalue weighted by Crippen LogP contribution is 2.27. The molecule has 2 amide bonds. The van der Waals surface area contributed by atoms with Crippen LogP contribution in [0.2, 0.25) is 0 Å². The Morgan fingerprint density at radius 3 is 2.50 bits per heavy atom. The number of nitrogens with zero attached hydrogens (tertiary/aromatic N) is 2. The number of rotatable bonds is 2. The van der Waals surface area contributed by atoms with E-state index in [0.717, 1.165) is 12.8 Å². The van der Waals surface area contributed by atoms with Crippen LogP contribution in [0, 0.1) is 0 Å². The molecule has 2 fully saturated rings. The summed E-state index contributed by atoms with van der Waals surface area (Å²) in [5.41, 5.74) is 5.50. The van der Waals surface area contributed by atoms with Crippen LogP contribution in [-0.4, -0.2) is 53.3 Å². The smallest absolute Gasteiger partial charge is 0.242 e. The Hall–Kier alpha value is -0.810. The first kappa shape index (κ1) is 13.3. The Balaban J connectivity index is 0.00000128. The van der Waals surface area contributed by atoms with Gasteiger partial charge in [-0.3, -0.25) is 9.59 Å². The molecule has 2 rings (SSSR count). The maximum absolute atomic E-state index is 11.7. The van der Waals surface area contributed by atoms with Crippen molar-refractivity contribution in [1.29, 1.82) is 0 Å². The molecule has 1 unspecified atom stereocenters. The second-order valence-electron chi connectivity index (χ2n) is 4.37. The van der Waals surface area contributed by atoms with E-state index < -0.39 is 6.04 Å². The fraction of sp³-hybridized carbons (Fsp3) is 0.800. The van der Waals surface area contributed by atoms with Crippen LogP contribution in [-0.2, 0) is 9.59 Å². The normalized spacial score (nSPS) is 22.8. The highest BCUT2D eigenvalue weighted by molar-refractivity contribution is 5.88. The monoisotopic (exact) mass is 247 g/mol. The van der Waals surface area contributed by atoms with E-state index in [1.165, 1.54) is 0 Å². The molecular weight excluding hydrogens is 230 g/mol. The summed E-state index contributed by atoms with van der Waals surface area (Å²) in [5, 5.41) is 0. The summed E-state index contributed by atoms with van der Waals surface area (Å²) in [6.45, 7) is 3.15. The van der Waals surface area contributed by atoms with E-state index in [1.807, 2.05) is 4.90 Å². The highest BCUT2D eigenvalue weighted by atomic mass is 35.5. The number of piperazine rings is 1. The lowest BCUT2D eigenvalue weighted by Gasteiger charge is -2.35. The average Bonchev–Trinajstić information content (AvgIpc) is 3.00. The van der Waals surface area contributed by atoms with E-state index in [0.29, 0.717) is 19.1 Å². The van der Waals surface area contributed by atoms with Gasteiger partial charge in [-0.15, -0.1) is 12.4 Å². The van der Waals surface area contributed by atoms with Crippen LogP contribution in [0.3, 0.4) is 0 Å². The summed E-state index contributed by atoms with van der Waals surface area (Å²) in [6, 6.07) is -0.0599. The van der Waals surface area contributed by atoms with Gasteiger partial charge < -0.3 is 15.5 Å². The minimum atomic E-state index is -0.509. The van der Waals surface area contributed by atoms with Crippen molar-refractivity contribution in [1.82, 2.24) is 9.80 Å². The molecule has 1 atom stereocenters. The summed E-state index contributed by atoms with van der Waals surface area (Å²) < 4.78 is 0. The van der Waals surface area contributed by atoms with Crippen molar-refractivity contribution >= 4 is 24.2 Å². The van der Waals surface area contributed by atoms with Gasteiger partial charge in [-0.2, -0.15) is 0 Å². The van der Waals surface area contributed by atoms with Gasteiger partial charge in [-0.1, -0.05) is 0 Å². The molecule has 1 saturated carbocycles. The lowest BCUT2D eigenvalue weighted by molar-refractivity contribution is -0.146. The average molecular weight is 248 g/mol. The van der Waals surface area contributed by atoms with Crippen molar-refractivity contribution in [3.05, 3.63) is 0 Å². The van der Waals surface area contributed by atoms with Gasteiger partial charge in [0.05, 0.1) is 12.6 Å². The molecule has 1 saturated heterocycles. The van der Waals surface area contributed by atoms with Gasteiger partial charge in [0, 0.05) is 19.1 Å². The van der Waals surface area contributed by atoms with Gasteiger partial charge in [-0.25, -0.2) is 0 Å². The predicted octanol–water partition coefficient (Wildman–Crippen LogP) is -0.411.